The molecule has 0 atom stereocenters. The van der Waals surface area contributed by atoms with E-state index in [0.717, 1.165) is 11.4 Å². The van der Waals surface area contributed by atoms with Crippen molar-refractivity contribution in [1.82, 2.24) is 0 Å². The van der Waals surface area contributed by atoms with Gasteiger partial charge in [0, 0.05) is 34.1 Å². The summed E-state index contributed by atoms with van der Waals surface area (Å²) in [5.41, 5.74) is 41.0. The van der Waals surface area contributed by atoms with E-state index in [9.17, 15) is 0 Å². The van der Waals surface area contributed by atoms with Crippen LogP contribution in [0.1, 0.15) is 44.5 Å². The third-order valence-corrected chi connectivity index (χ3v) is 23.0. The smallest absolute Gasteiger partial charge is 0.248 e. The molecule has 0 bridgehead atoms. The molecule has 0 aromatic heterocycles. The third-order valence-electron chi connectivity index (χ3n) is 23.0. The first kappa shape index (κ1) is 48.5. The fourth-order valence-corrected chi connectivity index (χ4v) is 20.0. The van der Waals surface area contributed by atoms with Crippen molar-refractivity contribution < 1.29 is 0 Å². The number of para-hydroxylation sites is 2. The fraction of sp³-hybridized carbons (Fsp3) is 0.0227. The van der Waals surface area contributed by atoms with Crippen LogP contribution in [-0.4, -0.2) is 13.4 Å². The molecule has 4 heteroatoms. The molecule has 418 valence electrons. The van der Waals surface area contributed by atoms with E-state index in [2.05, 4.69) is 313 Å². The molecule has 4 heterocycles. The standard InChI is InChI=1S/C88H50B2N2/c1-4-24-51(25-5-1)80-60-36-22-44-72-81(60)83-82-61(80)37-23-45-73(82)90-75-49-71-63(59-35-15-21-43-69(59)88(71)66-40-18-12-32-56(66)57-33-13-19-41-67(57)88)47-77(75)92(53-28-8-3-9-29-53)79-50-78-85(84(83)86(79)90)89(72)74-48-70-62(46-76(74)91(78)52-26-6-2-7-27-52)58-34-14-20-42-68(58)87(70)64-38-16-10-30-54(64)55-31-11-17-39-65(55)87/h1-50H. The van der Waals surface area contributed by atoms with Crippen molar-refractivity contribution in [2.24, 2.45) is 0 Å². The largest absolute Gasteiger partial charge is 0.311 e. The zero-order valence-corrected chi connectivity index (χ0v) is 49.9. The van der Waals surface area contributed by atoms with Crippen LogP contribution in [0.25, 0.3) is 88.3 Å². The molecule has 0 N–H and O–H groups in total. The van der Waals surface area contributed by atoms with Gasteiger partial charge in [0.1, 0.15) is 0 Å². The number of fused-ring (bicyclic) bond motifs is 26. The molecule has 0 fully saturated rings. The molecule has 0 radical (unpaired) electrons. The summed E-state index contributed by atoms with van der Waals surface area (Å²) in [5, 5.41) is 5.35. The highest BCUT2D eigenvalue weighted by Gasteiger charge is 2.57. The second kappa shape index (κ2) is 16.9. The first-order valence-electron chi connectivity index (χ1n) is 32.6. The van der Waals surface area contributed by atoms with E-state index in [1.807, 2.05) is 0 Å². The first-order chi connectivity index (χ1) is 45.7. The average molecular weight is 1160 g/mol. The van der Waals surface area contributed by atoms with Crippen molar-refractivity contribution in [2.75, 3.05) is 9.80 Å². The van der Waals surface area contributed by atoms with Gasteiger partial charge < -0.3 is 9.80 Å². The summed E-state index contributed by atoms with van der Waals surface area (Å²) in [5.74, 6) is 0. The predicted octanol–water partition coefficient (Wildman–Crippen LogP) is 17.2. The van der Waals surface area contributed by atoms with Gasteiger partial charge in [0.15, 0.2) is 0 Å². The van der Waals surface area contributed by atoms with Crippen LogP contribution in [0.15, 0.2) is 303 Å². The van der Waals surface area contributed by atoms with E-state index in [1.54, 1.807) is 0 Å². The Balaban J connectivity index is 0.905. The average Bonchev–Trinajstić information content (AvgIpc) is 1.64. The lowest BCUT2D eigenvalue weighted by Crippen LogP contribution is -2.66. The van der Waals surface area contributed by atoms with E-state index < -0.39 is 10.8 Å². The van der Waals surface area contributed by atoms with Crippen LogP contribution in [0.3, 0.4) is 0 Å². The molecule has 0 saturated carbocycles. The second-order valence-electron chi connectivity index (χ2n) is 26.7. The number of hydrogen-bond donors (Lipinski definition) is 0. The highest BCUT2D eigenvalue weighted by molar-refractivity contribution is 7.05. The van der Waals surface area contributed by atoms with Crippen molar-refractivity contribution in [3.05, 3.63) is 348 Å². The number of benzene rings is 15. The Morgan fingerprint density at radius 3 is 0.946 bits per heavy atom. The molecule has 23 rings (SSSR count). The topological polar surface area (TPSA) is 6.48 Å². The zero-order valence-electron chi connectivity index (χ0n) is 49.9. The summed E-state index contributed by atoms with van der Waals surface area (Å²) in [4.78, 5) is 5.35. The summed E-state index contributed by atoms with van der Waals surface area (Å²) in [6.07, 6.45) is 0. The van der Waals surface area contributed by atoms with Gasteiger partial charge in [-0.1, -0.05) is 272 Å². The third kappa shape index (κ3) is 5.44. The van der Waals surface area contributed by atoms with E-state index >= 15 is 0 Å². The lowest BCUT2D eigenvalue weighted by molar-refractivity contribution is 0.794. The predicted molar refractivity (Wildman–Crippen MR) is 384 cm³/mol. The molecule has 2 nitrogen and oxygen atoms in total. The van der Waals surface area contributed by atoms with Crippen LogP contribution in [0.5, 0.6) is 0 Å². The summed E-state index contributed by atoms with van der Waals surface area (Å²) < 4.78 is 0. The van der Waals surface area contributed by atoms with Crippen LogP contribution < -0.4 is 42.6 Å². The molecule has 4 aliphatic carbocycles. The van der Waals surface area contributed by atoms with Gasteiger partial charge in [0.2, 0.25) is 13.4 Å². The lowest BCUT2D eigenvalue weighted by atomic mass is 9.26. The highest BCUT2D eigenvalue weighted by atomic mass is 15.2. The van der Waals surface area contributed by atoms with Crippen LogP contribution in [-0.2, 0) is 10.8 Å². The summed E-state index contributed by atoms with van der Waals surface area (Å²) in [6, 6.07) is 118. The molecule has 0 amide bonds. The maximum Gasteiger partial charge on any atom is 0.248 e. The summed E-state index contributed by atoms with van der Waals surface area (Å²) in [7, 11) is 0. The Morgan fingerprint density at radius 1 is 0.228 bits per heavy atom. The Kier molecular flexibility index (Phi) is 8.89. The molecule has 15 aromatic carbocycles. The first-order valence-corrected chi connectivity index (χ1v) is 32.6. The van der Waals surface area contributed by atoms with Crippen molar-refractivity contribution >= 4 is 102 Å². The van der Waals surface area contributed by atoms with Gasteiger partial charge in [0.05, 0.1) is 10.8 Å². The zero-order chi connectivity index (χ0) is 59.4. The minimum atomic E-state index is -0.525. The number of anilines is 6. The molecule has 4 aliphatic heterocycles. The fourth-order valence-electron chi connectivity index (χ4n) is 20.0. The Morgan fingerprint density at radius 2 is 0.565 bits per heavy atom. The van der Waals surface area contributed by atoms with Crippen LogP contribution in [0, 0.1) is 0 Å². The summed E-state index contributed by atoms with van der Waals surface area (Å²) in [6.45, 7) is -0.255. The summed E-state index contributed by atoms with van der Waals surface area (Å²) >= 11 is 0. The van der Waals surface area contributed by atoms with Crippen molar-refractivity contribution in [1.29, 1.82) is 0 Å². The SMILES string of the molecule is c1ccc(-c2c3cccc4c3c3c5c(cccc25)B2c5cc6c(cc5N(c5ccccc5)c5cc7c(c-3c52)B4c2cc3c(cc2N7c2ccccc2)-c2ccccc2C32c3ccccc3-c3ccccc32)-c2ccccc2C62c3ccccc3-c3ccccc32)cc1. The quantitative estimate of drug-likeness (QED) is 0.128. The van der Waals surface area contributed by atoms with Gasteiger partial charge in [-0.05, 0) is 197 Å². The van der Waals surface area contributed by atoms with Crippen molar-refractivity contribution in [2.45, 2.75) is 10.8 Å². The van der Waals surface area contributed by atoms with Crippen molar-refractivity contribution in [3.8, 4) is 66.8 Å². The van der Waals surface area contributed by atoms with Gasteiger partial charge >= 0.3 is 0 Å². The van der Waals surface area contributed by atoms with E-state index in [4.69, 9.17) is 0 Å². The van der Waals surface area contributed by atoms with E-state index in [0.29, 0.717) is 0 Å². The molecule has 15 aromatic rings. The monoisotopic (exact) mass is 1160 g/mol. The molecule has 8 aliphatic rings. The maximum absolute atomic E-state index is 2.72. The van der Waals surface area contributed by atoms with Crippen molar-refractivity contribution in [3.63, 3.8) is 0 Å². The highest BCUT2D eigenvalue weighted by Crippen LogP contribution is 2.66. The normalized spacial score (nSPS) is 15.0. The lowest BCUT2D eigenvalue weighted by Gasteiger charge is -2.48. The minimum Gasteiger partial charge on any atom is -0.311 e. The molecule has 0 unspecified atom stereocenters. The minimum absolute atomic E-state index is 0.128. The van der Waals surface area contributed by atoms with Crippen LogP contribution in [0.2, 0.25) is 0 Å². The van der Waals surface area contributed by atoms with Gasteiger partial charge in [-0.15, -0.1) is 0 Å². The maximum atomic E-state index is 2.72. The van der Waals surface area contributed by atoms with E-state index in [-0.39, 0.29) is 13.4 Å². The van der Waals surface area contributed by atoms with E-state index in [1.165, 1.54) is 188 Å². The molecule has 2 spiro atoms. The molecular weight excluding hydrogens is 1110 g/mol. The Bertz CT molecular complexity index is 5500. The number of nitrogens with zero attached hydrogens (tertiary/aromatic N) is 2. The molecule has 0 saturated heterocycles. The number of rotatable bonds is 3. The Labute approximate surface area is 533 Å². The molecular formula is C88H50B2N2. The molecule has 92 heavy (non-hydrogen) atoms. The number of hydrogen-bond acceptors (Lipinski definition) is 2. The van der Waals surface area contributed by atoms with Gasteiger partial charge in [-0.3, -0.25) is 0 Å². The van der Waals surface area contributed by atoms with Gasteiger partial charge in [-0.2, -0.15) is 0 Å². The second-order valence-corrected chi connectivity index (χ2v) is 26.7. The van der Waals surface area contributed by atoms with Crippen LogP contribution in [0.4, 0.5) is 34.1 Å². The van der Waals surface area contributed by atoms with Gasteiger partial charge in [0.25, 0.3) is 0 Å². The van der Waals surface area contributed by atoms with Gasteiger partial charge in [-0.25, -0.2) is 0 Å². The van der Waals surface area contributed by atoms with Crippen LogP contribution >= 0.6 is 0 Å². The Hall–Kier alpha value is -11.5.